The standard InChI is InChI=1S/C24H29N3O3S/c1-17(2)19-11-9-18(10-12-19)15-25-16-24(28)27-14-13-26-22-7-3-6-21-20(22)5-4-8-23(21)31(29)30/h3-12,17,25-26,31H,13-16H2,1-2H3,(H,27,28). The summed E-state index contributed by atoms with van der Waals surface area (Å²) in [5, 5.41) is 10.8. The Bertz CT molecular complexity index is 1100. The Morgan fingerprint density at radius 2 is 1.61 bits per heavy atom. The number of hydrogen-bond donors (Lipinski definition) is 4. The van der Waals surface area contributed by atoms with Crippen molar-refractivity contribution in [1.82, 2.24) is 10.6 Å². The molecule has 0 saturated carbocycles. The number of rotatable bonds is 10. The Morgan fingerprint density at radius 1 is 0.903 bits per heavy atom. The number of carbonyl (C=O) groups is 1. The summed E-state index contributed by atoms with van der Waals surface area (Å²) in [5.41, 5.74) is 3.29. The molecule has 0 saturated heterocycles. The molecule has 0 aliphatic rings. The average Bonchev–Trinajstić information content (AvgIpc) is 2.76. The number of amides is 1. The van der Waals surface area contributed by atoms with E-state index < -0.39 is 10.7 Å². The summed E-state index contributed by atoms with van der Waals surface area (Å²) in [7, 11) is -2.65. The molecule has 31 heavy (non-hydrogen) atoms. The molecular formula is C24H29N3O3S. The molecule has 3 aromatic carbocycles. The third-order valence-electron chi connectivity index (χ3n) is 5.12. The third kappa shape index (κ3) is 6.29. The molecule has 0 radical (unpaired) electrons. The van der Waals surface area contributed by atoms with Crippen LogP contribution in [0.1, 0.15) is 30.9 Å². The molecule has 1 amide bonds. The van der Waals surface area contributed by atoms with Gasteiger partial charge in [0.15, 0.2) is 10.7 Å². The lowest BCUT2D eigenvalue weighted by Gasteiger charge is -2.12. The van der Waals surface area contributed by atoms with Crippen LogP contribution in [-0.4, -0.2) is 34.0 Å². The number of benzene rings is 3. The molecule has 0 aliphatic heterocycles. The van der Waals surface area contributed by atoms with Gasteiger partial charge < -0.3 is 16.0 Å². The van der Waals surface area contributed by atoms with E-state index in [2.05, 4.69) is 54.1 Å². The van der Waals surface area contributed by atoms with Crippen LogP contribution in [0.15, 0.2) is 65.6 Å². The van der Waals surface area contributed by atoms with Crippen molar-refractivity contribution in [2.75, 3.05) is 25.0 Å². The van der Waals surface area contributed by atoms with E-state index in [9.17, 15) is 13.2 Å². The van der Waals surface area contributed by atoms with Crippen LogP contribution >= 0.6 is 0 Å². The van der Waals surface area contributed by atoms with Gasteiger partial charge in [0.25, 0.3) is 0 Å². The zero-order valence-electron chi connectivity index (χ0n) is 17.9. The van der Waals surface area contributed by atoms with E-state index in [4.69, 9.17) is 0 Å². The number of anilines is 1. The topological polar surface area (TPSA) is 87.3 Å². The summed E-state index contributed by atoms with van der Waals surface area (Å²) in [6, 6.07) is 19.2. The van der Waals surface area contributed by atoms with Crippen molar-refractivity contribution in [3.63, 3.8) is 0 Å². The fraction of sp³-hybridized carbons (Fsp3) is 0.292. The Hall–Kier alpha value is -2.90. The monoisotopic (exact) mass is 439 g/mol. The van der Waals surface area contributed by atoms with E-state index in [1.807, 2.05) is 18.2 Å². The summed E-state index contributed by atoms with van der Waals surface area (Å²) in [4.78, 5) is 12.4. The van der Waals surface area contributed by atoms with Crippen molar-refractivity contribution in [2.24, 2.45) is 0 Å². The van der Waals surface area contributed by atoms with Crippen LogP contribution in [0, 0.1) is 0 Å². The Labute approximate surface area is 185 Å². The Kier molecular flexibility index (Phi) is 8.03. The molecule has 0 spiro atoms. The van der Waals surface area contributed by atoms with Crippen molar-refractivity contribution >= 4 is 33.1 Å². The lowest BCUT2D eigenvalue weighted by Crippen LogP contribution is -2.36. The average molecular weight is 440 g/mol. The Balaban J connectivity index is 1.42. The first-order valence-electron chi connectivity index (χ1n) is 10.4. The van der Waals surface area contributed by atoms with Gasteiger partial charge in [0.1, 0.15) is 0 Å². The van der Waals surface area contributed by atoms with Crippen LogP contribution in [0.5, 0.6) is 0 Å². The Morgan fingerprint density at radius 3 is 2.32 bits per heavy atom. The van der Waals surface area contributed by atoms with Crippen molar-refractivity contribution in [3.8, 4) is 0 Å². The summed E-state index contributed by atoms with van der Waals surface area (Å²) in [6.07, 6.45) is 0. The predicted octanol–water partition coefficient (Wildman–Crippen LogP) is 3.25. The van der Waals surface area contributed by atoms with Gasteiger partial charge in [-0.15, -0.1) is 0 Å². The summed E-state index contributed by atoms with van der Waals surface area (Å²) in [5.74, 6) is 0.442. The van der Waals surface area contributed by atoms with Gasteiger partial charge in [0, 0.05) is 36.1 Å². The maximum Gasteiger partial charge on any atom is 0.234 e. The molecule has 164 valence electrons. The van der Waals surface area contributed by atoms with Crippen molar-refractivity contribution < 1.29 is 13.2 Å². The van der Waals surface area contributed by atoms with Gasteiger partial charge in [0.2, 0.25) is 5.91 Å². The SMILES string of the molecule is CC(C)c1ccc(CNCC(=O)NCCNc2cccc3c([SH](=O)=O)cccc23)cc1. The van der Waals surface area contributed by atoms with Crippen molar-refractivity contribution in [1.29, 1.82) is 0 Å². The van der Waals surface area contributed by atoms with Gasteiger partial charge in [0.05, 0.1) is 11.4 Å². The van der Waals surface area contributed by atoms with Crippen LogP contribution < -0.4 is 16.0 Å². The number of thiol groups is 1. The molecule has 0 heterocycles. The second-order valence-electron chi connectivity index (χ2n) is 7.71. The van der Waals surface area contributed by atoms with Crippen molar-refractivity contribution in [2.45, 2.75) is 31.2 Å². The molecule has 7 heteroatoms. The summed E-state index contributed by atoms with van der Waals surface area (Å²) < 4.78 is 22.9. The zero-order chi connectivity index (χ0) is 22.2. The van der Waals surface area contributed by atoms with E-state index in [0.29, 0.717) is 35.8 Å². The van der Waals surface area contributed by atoms with Crippen LogP contribution in [0.4, 0.5) is 5.69 Å². The molecule has 0 aromatic heterocycles. The fourth-order valence-electron chi connectivity index (χ4n) is 3.41. The van der Waals surface area contributed by atoms with Gasteiger partial charge in [-0.3, -0.25) is 4.79 Å². The maximum atomic E-state index is 12.1. The molecule has 3 rings (SSSR count). The van der Waals surface area contributed by atoms with E-state index in [1.54, 1.807) is 18.2 Å². The molecule has 3 N–H and O–H groups in total. The zero-order valence-corrected chi connectivity index (χ0v) is 18.7. The van der Waals surface area contributed by atoms with Gasteiger partial charge in [-0.1, -0.05) is 62.4 Å². The minimum atomic E-state index is -2.65. The van der Waals surface area contributed by atoms with Crippen LogP contribution in [0.2, 0.25) is 0 Å². The first kappa shape index (κ1) is 22.8. The fourth-order valence-corrected chi connectivity index (χ4v) is 4.01. The molecule has 0 bridgehead atoms. The van der Waals surface area contributed by atoms with Gasteiger partial charge >= 0.3 is 0 Å². The minimum absolute atomic E-state index is 0.0656. The molecular weight excluding hydrogens is 410 g/mol. The molecule has 3 aromatic rings. The normalized spacial score (nSPS) is 11.2. The predicted molar refractivity (Wildman–Crippen MR) is 126 cm³/mol. The van der Waals surface area contributed by atoms with E-state index in [0.717, 1.165) is 16.6 Å². The molecule has 0 fully saturated rings. The van der Waals surface area contributed by atoms with Crippen LogP contribution in [-0.2, 0) is 22.0 Å². The molecule has 0 atom stereocenters. The summed E-state index contributed by atoms with van der Waals surface area (Å²) >= 11 is 0. The quantitative estimate of drug-likeness (QED) is 0.288. The van der Waals surface area contributed by atoms with Crippen LogP contribution in [0.3, 0.4) is 0 Å². The highest BCUT2D eigenvalue weighted by Crippen LogP contribution is 2.26. The highest BCUT2D eigenvalue weighted by Gasteiger charge is 2.07. The number of carbonyl (C=O) groups excluding carboxylic acids is 1. The highest BCUT2D eigenvalue weighted by molar-refractivity contribution is 7.72. The van der Waals surface area contributed by atoms with E-state index >= 15 is 0 Å². The smallest absolute Gasteiger partial charge is 0.234 e. The molecule has 6 nitrogen and oxygen atoms in total. The molecule has 0 aliphatic carbocycles. The third-order valence-corrected chi connectivity index (χ3v) is 5.90. The second-order valence-corrected chi connectivity index (χ2v) is 8.71. The number of nitrogens with one attached hydrogen (secondary N) is 3. The largest absolute Gasteiger partial charge is 0.383 e. The number of hydrogen-bond acceptors (Lipinski definition) is 5. The minimum Gasteiger partial charge on any atom is -0.383 e. The first-order valence-corrected chi connectivity index (χ1v) is 11.6. The van der Waals surface area contributed by atoms with Crippen LogP contribution in [0.25, 0.3) is 10.8 Å². The number of fused-ring (bicyclic) bond motifs is 1. The lowest BCUT2D eigenvalue weighted by atomic mass is 10.0. The van der Waals surface area contributed by atoms with Crippen molar-refractivity contribution in [3.05, 3.63) is 71.8 Å². The lowest BCUT2D eigenvalue weighted by molar-refractivity contribution is -0.120. The molecule has 0 unspecified atom stereocenters. The van der Waals surface area contributed by atoms with Gasteiger partial charge in [-0.25, -0.2) is 8.42 Å². The first-order chi connectivity index (χ1) is 15.0. The van der Waals surface area contributed by atoms with Gasteiger partial charge in [-0.05, 0) is 29.2 Å². The van der Waals surface area contributed by atoms with E-state index in [-0.39, 0.29) is 12.5 Å². The van der Waals surface area contributed by atoms with E-state index in [1.165, 1.54) is 5.56 Å². The maximum absolute atomic E-state index is 12.1. The van der Waals surface area contributed by atoms with Gasteiger partial charge in [-0.2, -0.15) is 0 Å². The second kappa shape index (κ2) is 10.9. The summed E-state index contributed by atoms with van der Waals surface area (Å²) in [6.45, 7) is 6.23. The highest BCUT2D eigenvalue weighted by atomic mass is 32.2.